The molecule has 118 valence electrons. The average Bonchev–Trinajstić information content (AvgIpc) is 2.44. The molecule has 0 aromatic heterocycles. The van der Waals surface area contributed by atoms with Gasteiger partial charge < -0.3 is 10.1 Å². The summed E-state index contributed by atoms with van der Waals surface area (Å²) >= 11 is 0. The Labute approximate surface area is 129 Å². The van der Waals surface area contributed by atoms with Gasteiger partial charge in [-0.3, -0.25) is 4.90 Å². The lowest BCUT2D eigenvalue weighted by Crippen LogP contribution is -2.44. The van der Waals surface area contributed by atoms with E-state index in [4.69, 9.17) is 4.74 Å². The van der Waals surface area contributed by atoms with E-state index in [0.717, 1.165) is 39.1 Å². The van der Waals surface area contributed by atoms with E-state index in [-0.39, 0.29) is 0 Å². The minimum atomic E-state index is 0.340. The van der Waals surface area contributed by atoms with Crippen molar-refractivity contribution < 1.29 is 4.74 Å². The van der Waals surface area contributed by atoms with E-state index in [2.05, 4.69) is 55.3 Å². The van der Waals surface area contributed by atoms with Crippen molar-refractivity contribution >= 4 is 0 Å². The summed E-state index contributed by atoms with van der Waals surface area (Å²) in [5, 5.41) is 3.49. The first-order valence-electron chi connectivity index (χ1n) is 8.34. The standard InChI is InChI=1S/C18H30N2O/c1-4-10-19-11-9-17-7-5-6-8-18(17)14-20-12-15(2)21-16(3)13-20/h5-8,15-16,19H,4,9-14H2,1-3H3. The molecule has 1 aromatic carbocycles. The zero-order valence-electron chi connectivity index (χ0n) is 13.8. The van der Waals surface area contributed by atoms with Crippen molar-refractivity contribution in [3.8, 4) is 0 Å². The van der Waals surface area contributed by atoms with Crippen LogP contribution in [-0.4, -0.2) is 43.3 Å². The molecule has 0 radical (unpaired) electrons. The Kier molecular flexibility index (Phi) is 6.68. The molecule has 0 aliphatic carbocycles. The number of hydrogen-bond acceptors (Lipinski definition) is 3. The molecule has 1 aromatic rings. The second-order valence-electron chi connectivity index (χ2n) is 6.22. The van der Waals surface area contributed by atoms with Gasteiger partial charge >= 0.3 is 0 Å². The van der Waals surface area contributed by atoms with E-state index < -0.39 is 0 Å². The predicted molar refractivity (Wildman–Crippen MR) is 88.6 cm³/mol. The molecule has 1 aliphatic rings. The van der Waals surface area contributed by atoms with Gasteiger partial charge in [0.25, 0.3) is 0 Å². The molecule has 3 nitrogen and oxygen atoms in total. The number of nitrogens with one attached hydrogen (secondary N) is 1. The largest absolute Gasteiger partial charge is 0.373 e. The van der Waals surface area contributed by atoms with Crippen LogP contribution in [-0.2, 0) is 17.7 Å². The van der Waals surface area contributed by atoms with Crippen molar-refractivity contribution in [1.82, 2.24) is 10.2 Å². The van der Waals surface area contributed by atoms with Crippen LogP contribution in [0, 0.1) is 0 Å². The van der Waals surface area contributed by atoms with Gasteiger partial charge in [-0.05, 0) is 50.9 Å². The van der Waals surface area contributed by atoms with Crippen molar-refractivity contribution in [2.24, 2.45) is 0 Å². The highest BCUT2D eigenvalue weighted by atomic mass is 16.5. The minimum absolute atomic E-state index is 0.340. The van der Waals surface area contributed by atoms with Crippen molar-refractivity contribution in [1.29, 1.82) is 0 Å². The molecule has 3 heteroatoms. The van der Waals surface area contributed by atoms with Crippen LogP contribution in [0.3, 0.4) is 0 Å². The van der Waals surface area contributed by atoms with Crippen LogP contribution in [0.4, 0.5) is 0 Å². The van der Waals surface area contributed by atoms with E-state index in [9.17, 15) is 0 Å². The third-order valence-corrected chi connectivity index (χ3v) is 4.01. The Morgan fingerprint density at radius 3 is 2.43 bits per heavy atom. The molecule has 1 N–H and O–H groups in total. The van der Waals surface area contributed by atoms with Crippen LogP contribution in [0.2, 0.25) is 0 Å². The molecule has 0 amide bonds. The summed E-state index contributed by atoms with van der Waals surface area (Å²) in [5.41, 5.74) is 2.95. The topological polar surface area (TPSA) is 24.5 Å². The highest BCUT2D eigenvalue weighted by Gasteiger charge is 2.22. The average molecular weight is 290 g/mol. The van der Waals surface area contributed by atoms with E-state index >= 15 is 0 Å². The molecule has 1 saturated heterocycles. The van der Waals surface area contributed by atoms with Crippen LogP contribution in [0.5, 0.6) is 0 Å². The fraction of sp³-hybridized carbons (Fsp3) is 0.667. The van der Waals surface area contributed by atoms with Gasteiger partial charge in [-0.15, -0.1) is 0 Å². The van der Waals surface area contributed by atoms with Crippen LogP contribution < -0.4 is 5.32 Å². The van der Waals surface area contributed by atoms with Gasteiger partial charge in [0.15, 0.2) is 0 Å². The van der Waals surface area contributed by atoms with Crippen LogP contribution in [0.25, 0.3) is 0 Å². The Morgan fingerprint density at radius 2 is 1.76 bits per heavy atom. The zero-order valence-corrected chi connectivity index (χ0v) is 13.8. The van der Waals surface area contributed by atoms with Crippen LogP contribution >= 0.6 is 0 Å². The zero-order chi connectivity index (χ0) is 15.1. The molecule has 1 aliphatic heterocycles. The molecule has 0 bridgehead atoms. The maximum absolute atomic E-state index is 5.82. The molecule has 1 fully saturated rings. The molecule has 2 unspecified atom stereocenters. The van der Waals surface area contributed by atoms with Gasteiger partial charge in [-0.1, -0.05) is 31.2 Å². The number of morpholine rings is 1. The summed E-state index contributed by atoms with van der Waals surface area (Å²) in [6, 6.07) is 8.87. The van der Waals surface area contributed by atoms with E-state index in [1.165, 1.54) is 17.5 Å². The highest BCUT2D eigenvalue weighted by molar-refractivity contribution is 5.27. The van der Waals surface area contributed by atoms with Gasteiger partial charge in [0, 0.05) is 19.6 Å². The summed E-state index contributed by atoms with van der Waals surface area (Å²) in [6.45, 7) is 11.8. The van der Waals surface area contributed by atoms with E-state index in [0.29, 0.717) is 12.2 Å². The molecule has 0 saturated carbocycles. The second kappa shape index (κ2) is 8.52. The third-order valence-electron chi connectivity index (χ3n) is 4.01. The smallest absolute Gasteiger partial charge is 0.0678 e. The molecule has 1 heterocycles. The van der Waals surface area contributed by atoms with E-state index in [1.807, 2.05) is 0 Å². The number of nitrogens with zero attached hydrogens (tertiary/aromatic N) is 1. The molecular formula is C18H30N2O. The molecule has 2 rings (SSSR count). The third kappa shape index (κ3) is 5.42. The summed E-state index contributed by atoms with van der Waals surface area (Å²) in [7, 11) is 0. The molecular weight excluding hydrogens is 260 g/mol. The Morgan fingerprint density at radius 1 is 1.10 bits per heavy atom. The number of rotatable bonds is 7. The summed E-state index contributed by atoms with van der Waals surface area (Å²) in [5.74, 6) is 0. The SMILES string of the molecule is CCCNCCc1ccccc1CN1CC(C)OC(C)C1. The lowest BCUT2D eigenvalue weighted by atomic mass is 10.0. The summed E-state index contributed by atoms with van der Waals surface area (Å²) in [6.07, 6.45) is 3.00. The Bertz CT molecular complexity index is 411. The summed E-state index contributed by atoms with van der Waals surface area (Å²) < 4.78 is 5.82. The van der Waals surface area contributed by atoms with Gasteiger partial charge in [0.05, 0.1) is 12.2 Å². The highest BCUT2D eigenvalue weighted by Crippen LogP contribution is 2.17. The molecule has 0 spiro atoms. The summed E-state index contributed by atoms with van der Waals surface area (Å²) in [4.78, 5) is 2.52. The van der Waals surface area contributed by atoms with Crippen molar-refractivity contribution in [3.63, 3.8) is 0 Å². The number of benzene rings is 1. The lowest BCUT2D eigenvalue weighted by molar-refractivity contribution is -0.0705. The molecule has 21 heavy (non-hydrogen) atoms. The fourth-order valence-electron chi connectivity index (χ4n) is 3.13. The van der Waals surface area contributed by atoms with Crippen molar-refractivity contribution in [2.75, 3.05) is 26.2 Å². The Hall–Kier alpha value is -0.900. The normalized spacial score (nSPS) is 23.4. The van der Waals surface area contributed by atoms with Gasteiger partial charge in [-0.25, -0.2) is 0 Å². The predicted octanol–water partition coefficient (Wildman–Crippen LogP) is 2.84. The maximum Gasteiger partial charge on any atom is 0.0678 e. The van der Waals surface area contributed by atoms with Crippen LogP contribution in [0.15, 0.2) is 24.3 Å². The lowest BCUT2D eigenvalue weighted by Gasteiger charge is -2.35. The molecule has 2 atom stereocenters. The van der Waals surface area contributed by atoms with Gasteiger partial charge in [0.2, 0.25) is 0 Å². The quantitative estimate of drug-likeness (QED) is 0.782. The first-order valence-corrected chi connectivity index (χ1v) is 8.34. The first-order chi connectivity index (χ1) is 10.2. The first kappa shape index (κ1) is 16.5. The van der Waals surface area contributed by atoms with Crippen molar-refractivity contribution in [2.45, 2.75) is 52.4 Å². The van der Waals surface area contributed by atoms with Gasteiger partial charge in [0.1, 0.15) is 0 Å². The minimum Gasteiger partial charge on any atom is -0.373 e. The maximum atomic E-state index is 5.82. The van der Waals surface area contributed by atoms with Gasteiger partial charge in [-0.2, -0.15) is 0 Å². The number of hydrogen-bond donors (Lipinski definition) is 1. The van der Waals surface area contributed by atoms with E-state index in [1.54, 1.807) is 0 Å². The van der Waals surface area contributed by atoms with Crippen molar-refractivity contribution in [3.05, 3.63) is 35.4 Å². The fourth-order valence-corrected chi connectivity index (χ4v) is 3.13. The van der Waals surface area contributed by atoms with Crippen LogP contribution in [0.1, 0.15) is 38.3 Å². The Balaban J connectivity index is 1.92. The number of ether oxygens (including phenoxy) is 1. The monoisotopic (exact) mass is 290 g/mol. The second-order valence-corrected chi connectivity index (χ2v) is 6.22.